The third-order valence-corrected chi connectivity index (χ3v) is 7.85. The number of piperazine rings is 1. The zero-order chi connectivity index (χ0) is 23.9. The van der Waals surface area contributed by atoms with Crippen LogP contribution in [0.15, 0.2) is 72.8 Å². The van der Waals surface area contributed by atoms with Crippen LogP contribution in [0.3, 0.4) is 0 Å². The summed E-state index contributed by atoms with van der Waals surface area (Å²) in [6.45, 7) is 8.21. The smallest absolute Gasteiger partial charge is 0.234 e. The molecule has 0 unspecified atom stereocenters. The summed E-state index contributed by atoms with van der Waals surface area (Å²) in [7, 11) is 0. The monoisotopic (exact) mass is 470 g/mol. The predicted octanol–water partition coefficient (Wildman–Crippen LogP) is 3.69. The van der Waals surface area contributed by atoms with E-state index in [4.69, 9.17) is 0 Å². The van der Waals surface area contributed by atoms with Gasteiger partial charge in [0.05, 0.1) is 6.54 Å². The van der Waals surface area contributed by atoms with Gasteiger partial charge in [0.15, 0.2) is 0 Å². The van der Waals surface area contributed by atoms with E-state index in [2.05, 4.69) is 93.2 Å². The van der Waals surface area contributed by atoms with Crippen molar-refractivity contribution in [2.75, 3.05) is 52.4 Å². The minimum atomic E-state index is 0.0798. The first kappa shape index (κ1) is 24.0. The molecule has 0 bridgehead atoms. The predicted molar refractivity (Wildman–Crippen MR) is 143 cm³/mol. The standard InChI is InChI=1S/C30H38N4O/c35-29(23-34-19-15-31-16-20-34)32-24-30(21-27-11-6-10-26-9-4-5-12-28(26)27)13-17-33(18-14-30)22-25-7-2-1-3-8-25/h1-12,31H,13-24H2,(H,32,35). The number of rotatable bonds is 8. The van der Waals surface area contributed by atoms with Gasteiger partial charge in [-0.25, -0.2) is 0 Å². The van der Waals surface area contributed by atoms with Crippen molar-refractivity contribution in [3.63, 3.8) is 0 Å². The van der Waals surface area contributed by atoms with Gasteiger partial charge in [0.1, 0.15) is 0 Å². The summed E-state index contributed by atoms with van der Waals surface area (Å²) in [4.78, 5) is 17.7. The number of fused-ring (bicyclic) bond motifs is 1. The van der Waals surface area contributed by atoms with E-state index in [1.165, 1.54) is 21.9 Å². The Morgan fingerprint density at radius 2 is 1.54 bits per heavy atom. The largest absolute Gasteiger partial charge is 0.354 e. The lowest BCUT2D eigenvalue weighted by molar-refractivity contribution is -0.123. The lowest BCUT2D eigenvalue weighted by Crippen LogP contribution is -2.50. The van der Waals surface area contributed by atoms with Crippen molar-refractivity contribution in [2.24, 2.45) is 5.41 Å². The summed E-state index contributed by atoms with van der Waals surface area (Å²) in [6, 6.07) is 26.1. The van der Waals surface area contributed by atoms with Crippen LogP contribution in [0.2, 0.25) is 0 Å². The van der Waals surface area contributed by atoms with Crippen LogP contribution in [0.1, 0.15) is 24.0 Å². The number of hydrogen-bond donors (Lipinski definition) is 2. The molecule has 0 saturated carbocycles. The van der Waals surface area contributed by atoms with Crippen molar-refractivity contribution in [1.29, 1.82) is 0 Å². The summed E-state index contributed by atoms with van der Waals surface area (Å²) in [6.07, 6.45) is 3.19. The maximum Gasteiger partial charge on any atom is 0.234 e. The Bertz CT molecular complexity index is 1100. The number of carbonyl (C=O) groups excluding carboxylic acids is 1. The molecular formula is C30H38N4O. The average Bonchev–Trinajstić information content (AvgIpc) is 2.90. The van der Waals surface area contributed by atoms with Gasteiger partial charge >= 0.3 is 0 Å². The van der Waals surface area contributed by atoms with E-state index in [1.54, 1.807) is 0 Å². The van der Waals surface area contributed by atoms with Crippen LogP contribution in [-0.4, -0.2) is 68.1 Å². The molecule has 0 radical (unpaired) electrons. The number of nitrogens with zero attached hydrogens (tertiary/aromatic N) is 2. The maximum absolute atomic E-state index is 12.9. The highest BCUT2D eigenvalue weighted by atomic mass is 16.2. The molecule has 2 aliphatic heterocycles. The summed E-state index contributed by atoms with van der Waals surface area (Å²) in [5, 5.41) is 9.35. The van der Waals surface area contributed by atoms with Gasteiger partial charge < -0.3 is 10.6 Å². The molecule has 184 valence electrons. The number of amides is 1. The first-order valence-corrected chi connectivity index (χ1v) is 13.1. The second-order valence-corrected chi connectivity index (χ2v) is 10.4. The Morgan fingerprint density at radius 3 is 2.34 bits per heavy atom. The Morgan fingerprint density at radius 1 is 0.829 bits per heavy atom. The van der Waals surface area contributed by atoms with Crippen molar-refractivity contribution < 1.29 is 4.79 Å². The summed E-state index contributed by atoms with van der Waals surface area (Å²) < 4.78 is 0. The number of carbonyl (C=O) groups is 1. The second kappa shape index (κ2) is 11.3. The third kappa shape index (κ3) is 6.29. The van der Waals surface area contributed by atoms with Crippen LogP contribution in [0.4, 0.5) is 0 Å². The van der Waals surface area contributed by atoms with E-state index in [-0.39, 0.29) is 11.3 Å². The fraction of sp³-hybridized carbons (Fsp3) is 0.433. The van der Waals surface area contributed by atoms with Crippen LogP contribution in [0.5, 0.6) is 0 Å². The Hall–Kier alpha value is -2.73. The van der Waals surface area contributed by atoms with Crippen molar-refractivity contribution >= 4 is 16.7 Å². The van der Waals surface area contributed by atoms with E-state index in [0.29, 0.717) is 6.54 Å². The Kier molecular flexibility index (Phi) is 7.77. The minimum absolute atomic E-state index is 0.0798. The zero-order valence-corrected chi connectivity index (χ0v) is 20.7. The number of likely N-dealkylation sites (tertiary alicyclic amines) is 1. The van der Waals surface area contributed by atoms with Crippen molar-refractivity contribution in [3.8, 4) is 0 Å². The molecule has 3 aromatic carbocycles. The molecule has 3 aromatic rings. The molecule has 5 rings (SSSR count). The number of nitrogens with one attached hydrogen (secondary N) is 2. The highest BCUT2D eigenvalue weighted by molar-refractivity contribution is 5.85. The molecule has 5 heteroatoms. The Labute approximate surface area is 209 Å². The lowest BCUT2D eigenvalue weighted by Gasteiger charge is -2.42. The summed E-state index contributed by atoms with van der Waals surface area (Å²) >= 11 is 0. The molecule has 0 aromatic heterocycles. The molecule has 0 spiro atoms. The van der Waals surface area contributed by atoms with Crippen LogP contribution in [0, 0.1) is 5.41 Å². The van der Waals surface area contributed by atoms with Gasteiger partial charge in [-0.2, -0.15) is 0 Å². The van der Waals surface area contributed by atoms with E-state index in [0.717, 1.165) is 71.6 Å². The fourth-order valence-corrected chi connectivity index (χ4v) is 5.71. The van der Waals surface area contributed by atoms with Gasteiger partial charge in [0, 0.05) is 39.3 Å². The molecule has 5 nitrogen and oxygen atoms in total. The summed E-state index contributed by atoms with van der Waals surface area (Å²) in [5.41, 5.74) is 2.85. The number of piperidine rings is 1. The quantitative estimate of drug-likeness (QED) is 0.527. The van der Waals surface area contributed by atoms with Gasteiger partial charge in [-0.15, -0.1) is 0 Å². The number of benzene rings is 3. The van der Waals surface area contributed by atoms with E-state index in [1.807, 2.05) is 0 Å². The molecular weight excluding hydrogens is 432 g/mol. The molecule has 2 saturated heterocycles. The number of hydrogen-bond acceptors (Lipinski definition) is 4. The van der Waals surface area contributed by atoms with Crippen LogP contribution < -0.4 is 10.6 Å². The molecule has 2 N–H and O–H groups in total. The van der Waals surface area contributed by atoms with Gasteiger partial charge in [-0.05, 0) is 59.7 Å². The maximum atomic E-state index is 12.9. The van der Waals surface area contributed by atoms with Gasteiger partial charge in [-0.1, -0.05) is 72.8 Å². The van der Waals surface area contributed by atoms with Crippen molar-refractivity contribution in [3.05, 3.63) is 83.9 Å². The van der Waals surface area contributed by atoms with Gasteiger partial charge in [0.2, 0.25) is 5.91 Å². The molecule has 2 fully saturated rings. The molecule has 1 amide bonds. The minimum Gasteiger partial charge on any atom is -0.354 e. The van der Waals surface area contributed by atoms with E-state index < -0.39 is 0 Å². The SMILES string of the molecule is O=C(CN1CCNCC1)NCC1(Cc2cccc3ccccc23)CCN(Cc2ccccc2)CC1. The molecule has 0 aliphatic carbocycles. The van der Waals surface area contributed by atoms with E-state index >= 15 is 0 Å². The molecule has 2 heterocycles. The lowest BCUT2D eigenvalue weighted by atomic mass is 9.73. The Balaban J connectivity index is 1.28. The molecule has 2 aliphatic rings. The molecule has 35 heavy (non-hydrogen) atoms. The van der Waals surface area contributed by atoms with Crippen molar-refractivity contribution in [2.45, 2.75) is 25.8 Å². The molecule has 0 atom stereocenters. The average molecular weight is 471 g/mol. The highest BCUT2D eigenvalue weighted by Gasteiger charge is 2.35. The van der Waals surface area contributed by atoms with Crippen LogP contribution in [-0.2, 0) is 17.8 Å². The van der Waals surface area contributed by atoms with Crippen molar-refractivity contribution in [1.82, 2.24) is 20.4 Å². The fourth-order valence-electron chi connectivity index (χ4n) is 5.71. The first-order chi connectivity index (χ1) is 17.2. The van der Waals surface area contributed by atoms with Gasteiger partial charge in [0.25, 0.3) is 0 Å². The first-order valence-electron chi connectivity index (χ1n) is 13.1. The van der Waals surface area contributed by atoms with E-state index in [9.17, 15) is 4.79 Å². The second-order valence-electron chi connectivity index (χ2n) is 10.4. The topological polar surface area (TPSA) is 47.6 Å². The van der Waals surface area contributed by atoms with Crippen LogP contribution >= 0.6 is 0 Å². The van der Waals surface area contributed by atoms with Gasteiger partial charge in [-0.3, -0.25) is 14.6 Å². The third-order valence-electron chi connectivity index (χ3n) is 7.85. The summed E-state index contributed by atoms with van der Waals surface area (Å²) in [5.74, 6) is 0.163. The zero-order valence-electron chi connectivity index (χ0n) is 20.7. The highest BCUT2D eigenvalue weighted by Crippen LogP contribution is 2.37. The normalized spacial score (nSPS) is 19.0. The van der Waals surface area contributed by atoms with Crippen LogP contribution in [0.25, 0.3) is 10.8 Å².